The summed E-state index contributed by atoms with van der Waals surface area (Å²) in [4.78, 5) is 1.82. The molecule has 0 aliphatic heterocycles. The van der Waals surface area contributed by atoms with E-state index in [1.54, 1.807) is 0 Å². The van der Waals surface area contributed by atoms with Crippen LogP contribution in [0.1, 0.15) is 13.3 Å². The van der Waals surface area contributed by atoms with Crippen LogP contribution in [-0.4, -0.2) is 30.3 Å². The monoisotopic (exact) mass is 185 g/mol. The summed E-state index contributed by atoms with van der Waals surface area (Å²) in [6.07, 6.45) is 3.21. The van der Waals surface area contributed by atoms with E-state index < -0.39 is 0 Å². The topological polar surface area (TPSA) is 27.6 Å². The van der Waals surface area contributed by atoms with E-state index in [2.05, 4.69) is 17.5 Å². The molecule has 0 amide bonds. The molecule has 0 saturated heterocycles. The van der Waals surface area contributed by atoms with Crippen molar-refractivity contribution >= 4 is 23.5 Å². The van der Waals surface area contributed by atoms with Crippen LogP contribution < -0.4 is 5.43 Å². The van der Waals surface area contributed by atoms with E-state index in [0.29, 0.717) is 11.0 Å². The normalized spacial score (nSPS) is 27.2. The zero-order valence-electron chi connectivity index (χ0n) is 7.74. The van der Waals surface area contributed by atoms with Gasteiger partial charge < -0.3 is 4.90 Å². The first kappa shape index (κ1) is 9.45. The molecule has 12 heavy (non-hydrogen) atoms. The Hall–Kier alpha value is -0.640. The third kappa shape index (κ3) is 2.77. The van der Waals surface area contributed by atoms with E-state index >= 15 is 0 Å². The van der Waals surface area contributed by atoms with E-state index in [-0.39, 0.29) is 0 Å². The number of hydrazone groups is 1. The van der Waals surface area contributed by atoms with Gasteiger partial charge in [-0.2, -0.15) is 5.10 Å². The minimum atomic E-state index is 0.652. The highest BCUT2D eigenvalue weighted by Crippen LogP contribution is 2.35. The van der Waals surface area contributed by atoms with Crippen molar-refractivity contribution in [3.63, 3.8) is 0 Å². The third-order valence-corrected chi connectivity index (χ3v) is 2.46. The van der Waals surface area contributed by atoms with Crippen molar-refractivity contribution in [2.24, 2.45) is 16.9 Å². The Labute approximate surface area is 78.8 Å². The highest BCUT2D eigenvalue weighted by atomic mass is 32.1. The van der Waals surface area contributed by atoms with Crippen LogP contribution in [0, 0.1) is 11.8 Å². The molecule has 0 aromatic heterocycles. The minimum absolute atomic E-state index is 0.652. The van der Waals surface area contributed by atoms with Crippen molar-refractivity contribution in [2.75, 3.05) is 14.1 Å². The molecular formula is C8H15N3S. The molecule has 3 nitrogen and oxygen atoms in total. The molecule has 68 valence electrons. The highest BCUT2D eigenvalue weighted by Gasteiger charge is 2.30. The zero-order valence-corrected chi connectivity index (χ0v) is 8.56. The van der Waals surface area contributed by atoms with Crippen LogP contribution in [0.5, 0.6) is 0 Å². The van der Waals surface area contributed by atoms with Crippen molar-refractivity contribution < 1.29 is 0 Å². The third-order valence-electron chi connectivity index (χ3n) is 2.00. The maximum Gasteiger partial charge on any atom is 0.189 e. The van der Waals surface area contributed by atoms with Crippen LogP contribution in [0.25, 0.3) is 0 Å². The number of hydrogen-bond acceptors (Lipinski definition) is 2. The fraction of sp³-hybridized carbons (Fsp3) is 0.750. The number of rotatable bonds is 2. The SMILES string of the molecule is CC1CC1/C=N/NC(=S)N(C)C. The lowest BCUT2D eigenvalue weighted by atomic mass is 10.4. The second-order valence-corrected chi connectivity index (χ2v) is 3.85. The van der Waals surface area contributed by atoms with Gasteiger partial charge in [0, 0.05) is 20.3 Å². The lowest BCUT2D eigenvalue weighted by Crippen LogP contribution is -2.30. The Kier molecular flexibility index (Phi) is 3.03. The molecule has 0 aromatic rings. The van der Waals surface area contributed by atoms with E-state index in [0.717, 1.165) is 5.92 Å². The summed E-state index contributed by atoms with van der Waals surface area (Å²) in [6.45, 7) is 2.22. The Morgan fingerprint density at radius 1 is 1.67 bits per heavy atom. The van der Waals surface area contributed by atoms with E-state index in [9.17, 15) is 0 Å². The van der Waals surface area contributed by atoms with Crippen LogP contribution in [0.4, 0.5) is 0 Å². The molecule has 1 saturated carbocycles. The van der Waals surface area contributed by atoms with Crippen LogP contribution >= 0.6 is 12.2 Å². The molecule has 0 bridgehead atoms. The molecule has 1 aliphatic carbocycles. The first-order valence-corrected chi connectivity index (χ1v) is 4.52. The van der Waals surface area contributed by atoms with Gasteiger partial charge in [-0.15, -0.1) is 0 Å². The van der Waals surface area contributed by atoms with Crippen LogP contribution in [0.2, 0.25) is 0 Å². The fourth-order valence-corrected chi connectivity index (χ4v) is 0.899. The van der Waals surface area contributed by atoms with Gasteiger partial charge in [0.25, 0.3) is 0 Å². The van der Waals surface area contributed by atoms with Gasteiger partial charge in [0.15, 0.2) is 5.11 Å². The molecule has 4 heteroatoms. The first-order chi connectivity index (χ1) is 5.61. The molecule has 1 fully saturated rings. The molecule has 1 aliphatic rings. The van der Waals surface area contributed by atoms with Crippen molar-refractivity contribution in [1.29, 1.82) is 0 Å². The molecule has 2 atom stereocenters. The average molecular weight is 185 g/mol. The van der Waals surface area contributed by atoms with Crippen LogP contribution in [-0.2, 0) is 0 Å². The number of nitrogens with one attached hydrogen (secondary N) is 1. The van der Waals surface area contributed by atoms with Crippen LogP contribution in [0.3, 0.4) is 0 Å². The summed E-state index contributed by atoms with van der Waals surface area (Å²) in [5.41, 5.74) is 2.80. The predicted molar refractivity (Wildman–Crippen MR) is 55.2 cm³/mol. The average Bonchev–Trinajstić information content (AvgIpc) is 2.66. The lowest BCUT2D eigenvalue weighted by molar-refractivity contribution is 0.606. The fourth-order valence-electron chi connectivity index (χ4n) is 0.847. The molecule has 0 spiro atoms. The quantitative estimate of drug-likeness (QED) is 0.396. The van der Waals surface area contributed by atoms with E-state index in [4.69, 9.17) is 12.2 Å². The molecular weight excluding hydrogens is 170 g/mol. The maximum atomic E-state index is 4.98. The van der Waals surface area contributed by atoms with Gasteiger partial charge in [-0.05, 0) is 30.5 Å². The second kappa shape index (κ2) is 3.85. The molecule has 0 aromatic carbocycles. The Balaban J connectivity index is 2.16. The number of hydrogen-bond donors (Lipinski definition) is 1. The van der Waals surface area contributed by atoms with Gasteiger partial charge in [-0.1, -0.05) is 6.92 Å². The van der Waals surface area contributed by atoms with Crippen LogP contribution in [0.15, 0.2) is 5.10 Å². The summed E-state index contributed by atoms with van der Waals surface area (Å²) in [5.74, 6) is 1.48. The van der Waals surface area contributed by atoms with Gasteiger partial charge in [-0.3, -0.25) is 5.43 Å². The number of thiocarbonyl (C=S) groups is 1. The van der Waals surface area contributed by atoms with Crippen molar-refractivity contribution in [3.05, 3.63) is 0 Å². The molecule has 0 radical (unpaired) electrons. The number of nitrogens with zero attached hydrogens (tertiary/aromatic N) is 2. The zero-order chi connectivity index (χ0) is 9.14. The van der Waals surface area contributed by atoms with E-state index in [1.807, 2.05) is 25.2 Å². The smallest absolute Gasteiger partial charge is 0.189 e. The summed E-state index contributed by atoms with van der Waals surface area (Å²) in [5, 5.41) is 4.70. The van der Waals surface area contributed by atoms with Gasteiger partial charge in [0.1, 0.15) is 0 Å². The first-order valence-electron chi connectivity index (χ1n) is 4.11. The van der Waals surface area contributed by atoms with Gasteiger partial charge in [-0.25, -0.2) is 0 Å². The van der Waals surface area contributed by atoms with Crippen molar-refractivity contribution in [3.8, 4) is 0 Å². The van der Waals surface area contributed by atoms with Gasteiger partial charge in [0.05, 0.1) is 0 Å². The molecule has 0 heterocycles. The summed E-state index contributed by atoms with van der Waals surface area (Å²) < 4.78 is 0. The predicted octanol–water partition coefficient (Wildman–Crippen LogP) is 1.06. The standard InChI is InChI=1S/C8H15N3S/c1-6-4-7(6)5-9-10-8(12)11(2)3/h5-7H,4H2,1-3H3,(H,10,12)/b9-5+. The molecule has 2 unspecified atom stereocenters. The highest BCUT2D eigenvalue weighted by molar-refractivity contribution is 7.80. The Morgan fingerprint density at radius 3 is 2.67 bits per heavy atom. The largest absolute Gasteiger partial charge is 0.354 e. The van der Waals surface area contributed by atoms with Gasteiger partial charge in [0.2, 0.25) is 0 Å². The molecule has 1 rings (SSSR count). The second-order valence-electron chi connectivity index (χ2n) is 3.47. The molecule has 1 N–H and O–H groups in total. The summed E-state index contributed by atoms with van der Waals surface area (Å²) >= 11 is 4.98. The maximum absolute atomic E-state index is 4.98. The lowest BCUT2D eigenvalue weighted by Gasteiger charge is -2.11. The van der Waals surface area contributed by atoms with E-state index in [1.165, 1.54) is 6.42 Å². The summed E-state index contributed by atoms with van der Waals surface area (Å²) in [7, 11) is 3.79. The Morgan fingerprint density at radius 2 is 2.25 bits per heavy atom. The summed E-state index contributed by atoms with van der Waals surface area (Å²) in [6, 6.07) is 0. The Bertz CT molecular complexity index is 200. The van der Waals surface area contributed by atoms with Gasteiger partial charge >= 0.3 is 0 Å². The van der Waals surface area contributed by atoms with Crippen molar-refractivity contribution in [1.82, 2.24) is 10.3 Å². The minimum Gasteiger partial charge on any atom is -0.354 e. The van der Waals surface area contributed by atoms with Crippen molar-refractivity contribution in [2.45, 2.75) is 13.3 Å².